The monoisotopic (exact) mass is 843 g/mol. The second-order valence-corrected chi connectivity index (χ2v) is 21.8. The summed E-state index contributed by atoms with van der Waals surface area (Å²) in [5, 5.41) is 10.9. The van der Waals surface area contributed by atoms with E-state index in [-0.39, 0.29) is 34.8 Å². The van der Waals surface area contributed by atoms with Crippen molar-refractivity contribution in [1.29, 1.82) is 0 Å². The standard InChI is InChI=1S/C55H102O5/c1-5-9-13-17-21-25-29-33-48(34-30-26-22-18-14-10-6-2)37-51(57)59-46-54-40-50-39-53(42-54,45-56)43-55(41-50,44-54)47-60-52(58)38-49(35-31-27-23-19-15-11-7-3)36-32-28-24-20-16-12-8-4/h48-50,56H,5-47H2,1-4H3. The first kappa shape index (κ1) is 53.2. The first-order valence-electron chi connectivity index (χ1n) is 27.2. The van der Waals surface area contributed by atoms with Crippen LogP contribution in [0.1, 0.15) is 285 Å². The third kappa shape index (κ3) is 21.5. The normalized spacial score (nSPS) is 23.3. The van der Waals surface area contributed by atoms with E-state index in [1.165, 1.54) is 180 Å². The third-order valence-electron chi connectivity index (χ3n) is 15.6. The molecule has 1 N–H and O–H groups in total. The maximum Gasteiger partial charge on any atom is 0.306 e. The predicted octanol–water partition coefficient (Wildman–Crippen LogP) is 16.6. The molecule has 4 rings (SSSR count). The van der Waals surface area contributed by atoms with Crippen molar-refractivity contribution in [3.63, 3.8) is 0 Å². The molecule has 4 aliphatic carbocycles. The van der Waals surface area contributed by atoms with Gasteiger partial charge in [-0.25, -0.2) is 0 Å². The summed E-state index contributed by atoms with van der Waals surface area (Å²) in [7, 11) is 0. The van der Waals surface area contributed by atoms with E-state index in [1.807, 2.05) is 0 Å². The van der Waals surface area contributed by atoms with E-state index >= 15 is 0 Å². The lowest BCUT2D eigenvalue weighted by molar-refractivity contribution is -0.208. The van der Waals surface area contributed by atoms with Gasteiger partial charge in [0.15, 0.2) is 0 Å². The molecule has 0 radical (unpaired) electrons. The Kier molecular flexibility index (Phi) is 28.1. The van der Waals surface area contributed by atoms with E-state index in [1.54, 1.807) is 0 Å². The molecule has 60 heavy (non-hydrogen) atoms. The van der Waals surface area contributed by atoms with Crippen LogP contribution in [0.4, 0.5) is 0 Å². The van der Waals surface area contributed by atoms with Crippen LogP contribution in [-0.4, -0.2) is 36.9 Å². The van der Waals surface area contributed by atoms with Crippen LogP contribution >= 0.6 is 0 Å². The number of hydrogen-bond acceptors (Lipinski definition) is 5. The van der Waals surface area contributed by atoms with E-state index in [2.05, 4.69) is 27.7 Å². The molecule has 0 heterocycles. The van der Waals surface area contributed by atoms with E-state index in [0.717, 1.165) is 64.2 Å². The molecule has 5 nitrogen and oxygen atoms in total. The van der Waals surface area contributed by atoms with Gasteiger partial charge in [0.2, 0.25) is 0 Å². The fourth-order valence-electron chi connectivity index (χ4n) is 12.9. The van der Waals surface area contributed by atoms with Gasteiger partial charge in [-0.3, -0.25) is 9.59 Å². The van der Waals surface area contributed by atoms with E-state index < -0.39 is 0 Å². The van der Waals surface area contributed by atoms with Crippen molar-refractivity contribution in [2.45, 2.75) is 285 Å². The Morgan fingerprint density at radius 2 is 0.700 bits per heavy atom. The minimum Gasteiger partial charge on any atom is -0.465 e. The molecule has 0 spiro atoms. The fraction of sp³-hybridized carbons (Fsp3) is 0.964. The largest absolute Gasteiger partial charge is 0.465 e. The predicted molar refractivity (Wildman–Crippen MR) is 254 cm³/mol. The molecule has 0 aromatic heterocycles. The number of aliphatic hydroxyl groups is 1. The first-order valence-corrected chi connectivity index (χ1v) is 27.2. The van der Waals surface area contributed by atoms with Crippen molar-refractivity contribution in [3.05, 3.63) is 0 Å². The zero-order chi connectivity index (χ0) is 43.2. The molecule has 0 aliphatic heterocycles. The number of aliphatic hydroxyl groups excluding tert-OH is 1. The smallest absolute Gasteiger partial charge is 0.306 e. The lowest BCUT2D eigenvalue weighted by Gasteiger charge is -2.66. The van der Waals surface area contributed by atoms with Gasteiger partial charge in [0.1, 0.15) is 0 Å². The molecule has 352 valence electrons. The van der Waals surface area contributed by atoms with Gasteiger partial charge in [0.25, 0.3) is 0 Å². The van der Waals surface area contributed by atoms with Crippen molar-refractivity contribution in [2.75, 3.05) is 19.8 Å². The average Bonchev–Trinajstić information content (AvgIpc) is 3.23. The van der Waals surface area contributed by atoms with Crippen LogP contribution in [0.5, 0.6) is 0 Å². The van der Waals surface area contributed by atoms with E-state index in [4.69, 9.17) is 9.47 Å². The highest BCUT2D eigenvalue weighted by Crippen LogP contribution is 2.69. The Morgan fingerprint density at radius 3 is 1.00 bits per heavy atom. The molecule has 4 aliphatic rings. The number of carbonyl (C=O) groups excluding carboxylic acids is 2. The summed E-state index contributed by atoms with van der Waals surface area (Å²) in [6.45, 7) is 10.3. The van der Waals surface area contributed by atoms with Crippen LogP contribution in [-0.2, 0) is 19.1 Å². The number of unbranched alkanes of at least 4 members (excludes halogenated alkanes) is 24. The summed E-state index contributed by atoms with van der Waals surface area (Å²) in [6, 6.07) is 0. The van der Waals surface area contributed by atoms with Gasteiger partial charge in [-0.2, -0.15) is 0 Å². The molecular weight excluding hydrogens is 741 g/mol. The van der Waals surface area contributed by atoms with Crippen LogP contribution in [0.2, 0.25) is 0 Å². The summed E-state index contributed by atoms with van der Waals surface area (Å²) in [4.78, 5) is 27.3. The molecule has 0 saturated heterocycles. The Bertz CT molecular complexity index is 977. The number of carbonyl (C=O) groups is 2. The lowest BCUT2D eigenvalue weighted by atomic mass is 9.40. The van der Waals surface area contributed by atoms with Gasteiger partial charge in [-0.15, -0.1) is 0 Å². The Hall–Kier alpha value is -1.10. The second-order valence-electron chi connectivity index (χ2n) is 21.8. The summed E-state index contributed by atoms with van der Waals surface area (Å²) in [6.07, 6.45) is 48.4. The van der Waals surface area contributed by atoms with Crippen LogP contribution in [0.15, 0.2) is 0 Å². The summed E-state index contributed by atoms with van der Waals surface area (Å²) in [5.41, 5.74) is -0.340. The molecule has 4 bridgehead atoms. The summed E-state index contributed by atoms with van der Waals surface area (Å²) in [5.74, 6) is 1.35. The molecule has 4 saturated carbocycles. The molecule has 0 aromatic rings. The van der Waals surface area contributed by atoms with Crippen molar-refractivity contribution in [2.24, 2.45) is 34.0 Å². The van der Waals surface area contributed by atoms with Gasteiger partial charge in [0, 0.05) is 30.3 Å². The zero-order valence-corrected chi connectivity index (χ0v) is 40.7. The zero-order valence-electron chi connectivity index (χ0n) is 40.7. The van der Waals surface area contributed by atoms with Gasteiger partial charge >= 0.3 is 11.9 Å². The third-order valence-corrected chi connectivity index (χ3v) is 15.6. The molecule has 2 atom stereocenters. The summed E-state index contributed by atoms with van der Waals surface area (Å²) < 4.78 is 12.7. The molecule has 0 amide bonds. The highest BCUT2D eigenvalue weighted by Gasteiger charge is 2.63. The van der Waals surface area contributed by atoms with Crippen molar-refractivity contribution in [3.8, 4) is 0 Å². The molecule has 0 aromatic carbocycles. The first-order chi connectivity index (χ1) is 29.2. The molecule has 4 fully saturated rings. The van der Waals surface area contributed by atoms with Crippen LogP contribution < -0.4 is 0 Å². The maximum absolute atomic E-state index is 13.7. The van der Waals surface area contributed by atoms with Crippen LogP contribution in [0, 0.1) is 34.0 Å². The van der Waals surface area contributed by atoms with Gasteiger partial charge in [-0.1, -0.05) is 207 Å². The maximum atomic E-state index is 13.7. The Labute approximate surface area is 373 Å². The minimum atomic E-state index is -0.133. The van der Waals surface area contributed by atoms with Crippen molar-refractivity contribution < 1.29 is 24.2 Å². The number of hydrogen-bond donors (Lipinski definition) is 1. The highest BCUT2D eigenvalue weighted by molar-refractivity contribution is 5.70. The van der Waals surface area contributed by atoms with Gasteiger partial charge < -0.3 is 14.6 Å². The van der Waals surface area contributed by atoms with Gasteiger partial charge in [0.05, 0.1) is 13.2 Å². The highest BCUT2D eigenvalue weighted by atomic mass is 16.5. The fourth-order valence-corrected chi connectivity index (χ4v) is 12.9. The summed E-state index contributed by atoms with van der Waals surface area (Å²) >= 11 is 0. The second kappa shape index (κ2) is 31.7. The molecular formula is C55H102O5. The minimum absolute atomic E-state index is 0.00637. The van der Waals surface area contributed by atoms with Crippen molar-refractivity contribution >= 4 is 11.9 Å². The van der Waals surface area contributed by atoms with Crippen molar-refractivity contribution in [1.82, 2.24) is 0 Å². The van der Waals surface area contributed by atoms with E-state index in [9.17, 15) is 14.7 Å². The van der Waals surface area contributed by atoms with Crippen LogP contribution in [0.3, 0.4) is 0 Å². The number of esters is 2. The Balaban J connectivity index is 1.54. The number of rotatable bonds is 41. The SMILES string of the molecule is CCCCCCCCCC(CCCCCCCCC)CC(=O)OCC12CC3CC(CO)(C1)CC(COC(=O)CC(CCCCCCCCC)CCCCCCCCC)(C3)C2. The molecule has 2 unspecified atom stereocenters. The van der Waals surface area contributed by atoms with E-state index in [0.29, 0.717) is 43.8 Å². The average molecular weight is 843 g/mol. The Morgan fingerprint density at radius 1 is 0.433 bits per heavy atom. The quantitative estimate of drug-likeness (QED) is 0.0490. The lowest BCUT2D eigenvalue weighted by Crippen LogP contribution is -2.60. The molecule has 5 heteroatoms. The van der Waals surface area contributed by atoms with Gasteiger partial charge in [-0.05, 0) is 87.4 Å². The topological polar surface area (TPSA) is 72.8 Å². The van der Waals surface area contributed by atoms with Crippen LogP contribution in [0.25, 0.3) is 0 Å². The number of ether oxygens (including phenoxy) is 2.